The molecule has 0 radical (unpaired) electrons. The van der Waals surface area contributed by atoms with Crippen molar-refractivity contribution in [1.82, 2.24) is 9.55 Å². The Morgan fingerprint density at radius 1 is 1.25 bits per heavy atom. The lowest BCUT2D eigenvalue weighted by atomic mass is 10.3. The van der Waals surface area contributed by atoms with Crippen LogP contribution in [0.25, 0.3) is 11.0 Å². The molecule has 0 bridgehead atoms. The molecule has 3 N–H and O–H groups in total. The maximum Gasteiger partial charge on any atom is 0.218 e. The summed E-state index contributed by atoms with van der Waals surface area (Å²) in [6, 6.07) is 8.34. The fraction of sp³-hybridized carbons (Fsp3) is 0.300. The van der Waals surface area contributed by atoms with Crippen LogP contribution in [0.1, 0.15) is 19.9 Å². The standard InChI is InChI=1S/C10H14N4.2ClH/c1-7(2)14-9-6-4-3-5-8(9)12-10(14)13-11;;/h3-7H,11H2,1-2H3,(H,12,13);2*1H. The summed E-state index contributed by atoms with van der Waals surface area (Å²) >= 11 is 0. The minimum Gasteiger partial charge on any atom is -0.307 e. The fourth-order valence-electron chi connectivity index (χ4n) is 1.67. The van der Waals surface area contributed by atoms with E-state index in [4.69, 9.17) is 5.84 Å². The van der Waals surface area contributed by atoms with Crippen LogP contribution in [0.2, 0.25) is 0 Å². The van der Waals surface area contributed by atoms with Gasteiger partial charge in [0.2, 0.25) is 5.95 Å². The van der Waals surface area contributed by atoms with E-state index in [-0.39, 0.29) is 24.8 Å². The maximum atomic E-state index is 5.42. The van der Waals surface area contributed by atoms with Gasteiger partial charge in [-0.2, -0.15) is 0 Å². The summed E-state index contributed by atoms with van der Waals surface area (Å²) in [5.41, 5.74) is 4.69. The quantitative estimate of drug-likeness (QED) is 0.647. The minimum absolute atomic E-state index is 0. The third-order valence-corrected chi connectivity index (χ3v) is 2.24. The number of rotatable bonds is 2. The topological polar surface area (TPSA) is 55.9 Å². The lowest BCUT2D eigenvalue weighted by molar-refractivity contribution is 0.623. The van der Waals surface area contributed by atoms with Gasteiger partial charge in [-0.05, 0) is 26.0 Å². The molecule has 0 saturated carbocycles. The van der Waals surface area contributed by atoms with Crippen molar-refractivity contribution in [3.8, 4) is 0 Å². The summed E-state index contributed by atoms with van der Waals surface area (Å²) in [5.74, 6) is 6.13. The average molecular weight is 263 g/mol. The number of fused-ring (bicyclic) bond motifs is 1. The van der Waals surface area contributed by atoms with Gasteiger partial charge in [-0.3, -0.25) is 5.43 Å². The second-order valence-electron chi connectivity index (χ2n) is 3.53. The van der Waals surface area contributed by atoms with Crippen molar-refractivity contribution in [3.05, 3.63) is 24.3 Å². The summed E-state index contributed by atoms with van der Waals surface area (Å²) in [7, 11) is 0. The largest absolute Gasteiger partial charge is 0.307 e. The molecule has 2 rings (SSSR count). The van der Waals surface area contributed by atoms with E-state index in [2.05, 4.69) is 28.8 Å². The van der Waals surface area contributed by atoms with Crippen LogP contribution in [-0.4, -0.2) is 9.55 Å². The normalized spacial score (nSPS) is 9.75. The van der Waals surface area contributed by atoms with Gasteiger partial charge in [0.1, 0.15) is 0 Å². The van der Waals surface area contributed by atoms with Crippen LogP contribution in [0, 0.1) is 0 Å². The Morgan fingerprint density at radius 2 is 1.88 bits per heavy atom. The van der Waals surface area contributed by atoms with Crippen LogP contribution >= 0.6 is 24.8 Å². The average Bonchev–Trinajstić information content (AvgIpc) is 2.55. The summed E-state index contributed by atoms with van der Waals surface area (Å²) < 4.78 is 2.08. The van der Waals surface area contributed by atoms with Gasteiger partial charge in [0.05, 0.1) is 11.0 Å². The second kappa shape index (κ2) is 5.94. The lowest BCUT2D eigenvalue weighted by Gasteiger charge is -2.11. The Labute approximate surface area is 107 Å². The second-order valence-corrected chi connectivity index (χ2v) is 3.53. The smallest absolute Gasteiger partial charge is 0.218 e. The van der Waals surface area contributed by atoms with Crippen molar-refractivity contribution in [1.29, 1.82) is 0 Å². The van der Waals surface area contributed by atoms with Gasteiger partial charge < -0.3 is 4.57 Å². The first-order valence-corrected chi connectivity index (χ1v) is 4.67. The lowest BCUT2D eigenvalue weighted by Crippen LogP contribution is -2.14. The molecule has 90 valence electrons. The van der Waals surface area contributed by atoms with Crippen LogP contribution in [0.3, 0.4) is 0 Å². The van der Waals surface area contributed by atoms with Crippen LogP contribution in [0.4, 0.5) is 5.95 Å². The van der Waals surface area contributed by atoms with Gasteiger partial charge in [-0.1, -0.05) is 12.1 Å². The molecule has 0 unspecified atom stereocenters. The van der Waals surface area contributed by atoms with Crippen LogP contribution in [0.15, 0.2) is 24.3 Å². The van der Waals surface area contributed by atoms with E-state index in [1.165, 1.54) is 0 Å². The molecule has 4 nitrogen and oxygen atoms in total. The van der Waals surface area contributed by atoms with Gasteiger partial charge in [0.15, 0.2) is 0 Å². The number of anilines is 1. The first kappa shape index (κ1) is 15.0. The zero-order valence-electron chi connectivity index (χ0n) is 9.18. The zero-order chi connectivity index (χ0) is 10.1. The molecule has 0 aliphatic heterocycles. The van der Waals surface area contributed by atoms with Crippen molar-refractivity contribution < 1.29 is 0 Å². The summed E-state index contributed by atoms with van der Waals surface area (Å²) in [4.78, 5) is 4.38. The number of hydrazine groups is 1. The van der Waals surface area contributed by atoms with E-state index in [9.17, 15) is 0 Å². The number of nitrogens with two attached hydrogens (primary N) is 1. The molecule has 0 aliphatic carbocycles. The zero-order valence-corrected chi connectivity index (χ0v) is 10.8. The molecule has 0 aliphatic rings. The third kappa shape index (κ3) is 2.40. The molecule has 2 aromatic rings. The summed E-state index contributed by atoms with van der Waals surface area (Å²) in [6.45, 7) is 4.21. The van der Waals surface area contributed by atoms with E-state index >= 15 is 0 Å². The number of hydrogen-bond donors (Lipinski definition) is 2. The number of nitrogens with zero attached hydrogens (tertiary/aromatic N) is 2. The molecule has 1 aromatic heterocycles. The number of imidazole rings is 1. The molecule has 0 amide bonds. The van der Waals surface area contributed by atoms with Gasteiger partial charge in [0, 0.05) is 6.04 Å². The highest BCUT2D eigenvalue weighted by Crippen LogP contribution is 2.23. The van der Waals surface area contributed by atoms with E-state index in [0.29, 0.717) is 12.0 Å². The Balaban J connectivity index is 0.00000112. The number of halogens is 2. The number of nitrogens with one attached hydrogen (secondary N) is 1. The van der Waals surface area contributed by atoms with Crippen LogP contribution < -0.4 is 11.3 Å². The van der Waals surface area contributed by atoms with Gasteiger partial charge >= 0.3 is 0 Å². The van der Waals surface area contributed by atoms with E-state index < -0.39 is 0 Å². The third-order valence-electron chi connectivity index (χ3n) is 2.24. The van der Waals surface area contributed by atoms with Gasteiger partial charge in [-0.25, -0.2) is 10.8 Å². The fourth-order valence-corrected chi connectivity index (χ4v) is 1.67. The molecule has 1 heterocycles. The Hall–Kier alpha value is -0.970. The summed E-state index contributed by atoms with van der Waals surface area (Å²) in [6.07, 6.45) is 0. The highest BCUT2D eigenvalue weighted by atomic mass is 35.5. The minimum atomic E-state index is 0. The van der Waals surface area contributed by atoms with Gasteiger partial charge in [-0.15, -0.1) is 24.8 Å². The Morgan fingerprint density at radius 3 is 2.44 bits per heavy atom. The Bertz CT molecular complexity index is 453. The Kier molecular flexibility index (Phi) is 5.58. The van der Waals surface area contributed by atoms with Crippen molar-refractivity contribution >= 4 is 41.8 Å². The molecule has 1 aromatic carbocycles. The maximum absolute atomic E-state index is 5.42. The predicted octanol–water partition coefficient (Wildman–Crippen LogP) is 2.75. The van der Waals surface area contributed by atoms with Crippen molar-refractivity contribution in [3.63, 3.8) is 0 Å². The van der Waals surface area contributed by atoms with Crippen molar-refractivity contribution in [2.24, 2.45) is 5.84 Å². The van der Waals surface area contributed by atoms with Crippen molar-refractivity contribution in [2.75, 3.05) is 5.43 Å². The predicted molar refractivity (Wildman–Crippen MR) is 72.4 cm³/mol. The molecular formula is C10H16Cl2N4. The van der Waals surface area contributed by atoms with E-state index in [1.807, 2.05) is 24.3 Å². The SMILES string of the molecule is CC(C)n1c(NN)nc2ccccc21.Cl.Cl. The first-order chi connectivity index (χ1) is 6.74. The molecule has 0 atom stereocenters. The highest BCUT2D eigenvalue weighted by Gasteiger charge is 2.10. The number of aromatic nitrogens is 2. The molecule has 6 heteroatoms. The number of benzene rings is 1. The van der Waals surface area contributed by atoms with E-state index in [0.717, 1.165) is 11.0 Å². The molecule has 16 heavy (non-hydrogen) atoms. The monoisotopic (exact) mass is 262 g/mol. The molecule has 0 saturated heterocycles. The number of hydrogen-bond acceptors (Lipinski definition) is 3. The first-order valence-electron chi connectivity index (χ1n) is 4.67. The number of para-hydroxylation sites is 2. The highest BCUT2D eigenvalue weighted by molar-refractivity contribution is 5.85. The molecular weight excluding hydrogens is 247 g/mol. The van der Waals surface area contributed by atoms with E-state index in [1.54, 1.807) is 0 Å². The molecule has 0 fully saturated rings. The number of nitrogen functional groups attached to an aromatic ring is 1. The van der Waals surface area contributed by atoms with Crippen molar-refractivity contribution in [2.45, 2.75) is 19.9 Å². The molecule has 0 spiro atoms. The van der Waals surface area contributed by atoms with Crippen LogP contribution in [0.5, 0.6) is 0 Å². The van der Waals surface area contributed by atoms with Crippen LogP contribution in [-0.2, 0) is 0 Å². The van der Waals surface area contributed by atoms with Gasteiger partial charge in [0.25, 0.3) is 0 Å². The summed E-state index contributed by atoms with van der Waals surface area (Å²) in [5, 5.41) is 0.